The molecule has 0 saturated carbocycles. The second kappa shape index (κ2) is 6.75. The molecule has 1 aliphatic heterocycles. The van der Waals surface area contributed by atoms with E-state index in [2.05, 4.69) is 0 Å². The lowest BCUT2D eigenvalue weighted by Gasteiger charge is -2.28. The number of esters is 1. The highest BCUT2D eigenvalue weighted by Gasteiger charge is 2.30. The summed E-state index contributed by atoms with van der Waals surface area (Å²) >= 11 is 0. The quantitative estimate of drug-likeness (QED) is 0.431. The van der Waals surface area contributed by atoms with Crippen LogP contribution in [0.25, 0.3) is 0 Å². The SMILES string of the molecule is CC(C)[C@H](C(=O)OC[C@H]1CCCN1C(=N)N)N(C)C. The van der Waals surface area contributed by atoms with E-state index < -0.39 is 0 Å². The van der Waals surface area contributed by atoms with Crippen molar-refractivity contribution in [2.24, 2.45) is 11.7 Å². The third-order valence-corrected chi connectivity index (χ3v) is 3.53. The highest BCUT2D eigenvalue weighted by molar-refractivity contribution is 5.77. The molecule has 2 atom stereocenters. The maximum absolute atomic E-state index is 12.1. The number of carbonyl (C=O) groups excluding carboxylic acids is 1. The summed E-state index contributed by atoms with van der Waals surface area (Å²) in [4.78, 5) is 15.8. The Bertz CT molecular complexity index is 323. The van der Waals surface area contributed by atoms with Crippen LogP contribution in [0.3, 0.4) is 0 Å². The lowest BCUT2D eigenvalue weighted by atomic mass is 10.0. The minimum atomic E-state index is -0.229. The number of hydrogen-bond acceptors (Lipinski definition) is 4. The van der Waals surface area contributed by atoms with E-state index in [1.807, 2.05) is 32.8 Å². The first-order valence-corrected chi connectivity index (χ1v) is 6.78. The van der Waals surface area contributed by atoms with Gasteiger partial charge < -0.3 is 15.4 Å². The minimum Gasteiger partial charge on any atom is -0.462 e. The fourth-order valence-electron chi connectivity index (χ4n) is 2.67. The van der Waals surface area contributed by atoms with E-state index in [1.165, 1.54) is 0 Å². The first-order valence-electron chi connectivity index (χ1n) is 6.78. The van der Waals surface area contributed by atoms with Crippen LogP contribution in [0.1, 0.15) is 26.7 Å². The van der Waals surface area contributed by atoms with Crippen LogP contribution in [0.15, 0.2) is 0 Å². The van der Waals surface area contributed by atoms with Gasteiger partial charge in [0, 0.05) is 6.54 Å². The summed E-state index contributed by atoms with van der Waals surface area (Å²) < 4.78 is 5.42. The van der Waals surface area contributed by atoms with Crippen molar-refractivity contribution >= 4 is 11.9 Å². The number of likely N-dealkylation sites (tertiary alicyclic amines) is 1. The van der Waals surface area contributed by atoms with Crippen LogP contribution in [-0.2, 0) is 9.53 Å². The van der Waals surface area contributed by atoms with Crippen LogP contribution in [0.5, 0.6) is 0 Å². The van der Waals surface area contributed by atoms with E-state index in [-0.39, 0.29) is 29.9 Å². The number of ether oxygens (including phenoxy) is 1. The van der Waals surface area contributed by atoms with Crippen LogP contribution in [-0.4, -0.2) is 61.1 Å². The van der Waals surface area contributed by atoms with Crippen molar-refractivity contribution in [1.82, 2.24) is 9.80 Å². The Kier molecular flexibility index (Phi) is 5.60. The fourth-order valence-corrected chi connectivity index (χ4v) is 2.67. The number of nitrogens with zero attached hydrogens (tertiary/aromatic N) is 2. The summed E-state index contributed by atoms with van der Waals surface area (Å²) in [5.41, 5.74) is 5.51. The van der Waals surface area contributed by atoms with Gasteiger partial charge in [0.05, 0.1) is 6.04 Å². The first-order chi connectivity index (χ1) is 8.84. The van der Waals surface area contributed by atoms with Gasteiger partial charge in [-0.25, -0.2) is 0 Å². The number of rotatable bonds is 5. The van der Waals surface area contributed by atoms with Gasteiger partial charge in [0.1, 0.15) is 12.6 Å². The Labute approximate surface area is 115 Å². The molecule has 3 N–H and O–H groups in total. The van der Waals surface area contributed by atoms with E-state index in [0.29, 0.717) is 6.61 Å². The molecule has 1 fully saturated rings. The third-order valence-electron chi connectivity index (χ3n) is 3.53. The Morgan fingerprint density at radius 1 is 1.53 bits per heavy atom. The van der Waals surface area contributed by atoms with Crippen molar-refractivity contribution in [2.45, 2.75) is 38.8 Å². The molecule has 0 bridgehead atoms. The topological polar surface area (TPSA) is 82.6 Å². The predicted molar refractivity (Wildman–Crippen MR) is 74.9 cm³/mol. The van der Waals surface area contributed by atoms with Gasteiger partial charge in [-0.3, -0.25) is 15.1 Å². The van der Waals surface area contributed by atoms with Crippen LogP contribution < -0.4 is 5.73 Å². The maximum atomic E-state index is 12.1. The molecule has 1 aliphatic rings. The summed E-state index contributed by atoms with van der Waals surface area (Å²) in [6.07, 6.45) is 1.91. The highest BCUT2D eigenvalue weighted by atomic mass is 16.5. The molecule has 6 nitrogen and oxygen atoms in total. The molecule has 0 spiro atoms. The van der Waals surface area contributed by atoms with Crippen LogP contribution in [0.4, 0.5) is 0 Å². The second-order valence-electron chi connectivity index (χ2n) is 5.66. The van der Waals surface area contributed by atoms with E-state index in [4.69, 9.17) is 15.9 Å². The molecule has 0 aromatic heterocycles. The number of likely N-dealkylation sites (N-methyl/N-ethyl adjacent to an activating group) is 1. The first kappa shape index (κ1) is 15.8. The van der Waals surface area contributed by atoms with Crippen molar-refractivity contribution in [3.8, 4) is 0 Å². The summed E-state index contributed by atoms with van der Waals surface area (Å²) in [6.45, 7) is 5.10. The van der Waals surface area contributed by atoms with Gasteiger partial charge in [-0.1, -0.05) is 13.8 Å². The number of carbonyl (C=O) groups is 1. The number of guanidine groups is 1. The zero-order valence-electron chi connectivity index (χ0n) is 12.3. The molecular formula is C13H26N4O2. The summed E-state index contributed by atoms with van der Waals surface area (Å²) in [5, 5.41) is 7.48. The highest BCUT2D eigenvalue weighted by Crippen LogP contribution is 2.17. The lowest BCUT2D eigenvalue weighted by molar-refractivity contribution is -0.151. The predicted octanol–water partition coefficient (Wildman–Crippen LogP) is 0.474. The number of hydrogen-bond donors (Lipinski definition) is 2. The molecule has 0 unspecified atom stereocenters. The zero-order chi connectivity index (χ0) is 14.6. The van der Waals surface area contributed by atoms with Crippen molar-refractivity contribution in [2.75, 3.05) is 27.2 Å². The molecule has 0 amide bonds. The molecule has 19 heavy (non-hydrogen) atoms. The van der Waals surface area contributed by atoms with Crippen LogP contribution >= 0.6 is 0 Å². The Hall–Kier alpha value is -1.30. The Balaban J connectivity index is 2.51. The third kappa shape index (κ3) is 4.09. The van der Waals surface area contributed by atoms with E-state index >= 15 is 0 Å². The second-order valence-corrected chi connectivity index (χ2v) is 5.66. The van der Waals surface area contributed by atoms with Gasteiger partial charge in [0.2, 0.25) is 0 Å². The van der Waals surface area contributed by atoms with Gasteiger partial charge >= 0.3 is 5.97 Å². The molecule has 0 aromatic carbocycles. The van der Waals surface area contributed by atoms with Gasteiger partial charge in [-0.15, -0.1) is 0 Å². The Morgan fingerprint density at radius 2 is 2.16 bits per heavy atom. The zero-order valence-corrected chi connectivity index (χ0v) is 12.3. The number of nitrogens with two attached hydrogens (primary N) is 1. The largest absolute Gasteiger partial charge is 0.462 e. The molecule has 1 rings (SSSR count). The van der Waals surface area contributed by atoms with Gasteiger partial charge in [0.25, 0.3) is 0 Å². The van der Waals surface area contributed by atoms with Crippen LogP contribution in [0.2, 0.25) is 0 Å². The molecular weight excluding hydrogens is 244 g/mol. The standard InChI is InChI=1S/C13H26N4O2/c1-9(2)11(16(3)4)12(18)19-8-10-6-5-7-17(10)13(14)15/h9-11H,5-8H2,1-4H3,(H3,14,15)/t10-,11-/m1/s1. The van der Waals surface area contributed by atoms with Crippen LogP contribution in [0, 0.1) is 11.3 Å². The van der Waals surface area contributed by atoms with E-state index in [9.17, 15) is 4.79 Å². The lowest BCUT2D eigenvalue weighted by Crippen LogP contribution is -2.45. The summed E-state index contributed by atoms with van der Waals surface area (Å²) in [6, 6.07) is -0.177. The van der Waals surface area contributed by atoms with Gasteiger partial charge in [-0.2, -0.15) is 0 Å². The average molecular weight is 270 g/mol. The molecule has 6 heteroatoms. The van der Waals surface area contributed by atoms with Crippen molar-refractivity contribution in [3.05, 3.63) is 0 Å². The average Bonchev–Trinajstić information content (AvgIpc) is 2.73. The maximum Gasteiger partial charge on any atom is 0.323 e. The molecule has 110 valence electrons. The smallest absolute Gasteiger partial charge is 0.323 e. The van der Waals surface area contributed by atoms with E-state index in [1.54, 1.807) is 4.90 Å². The van der Waals surface area contributed by atoms with E-state index in [0.717, 1.165) is 19.4 Å². The minimum absolute atomic E-state index is 0.0522. The Morgan fingerprint density at radius 3 is 2.63 bits per heavy atom. The molecule has 0 aliphatic carbocycles. The van der Waals surface area contributed by atoms with Crippen molar-refractivity contribution < 1.29 is 9.53 Å². The summed E-state index contributed by atoms with van der Waals surface area (Å²) in [7, 11) is 3.76. The fraction of sp³-hybridized carbons (Fsp3) is 0.846. The van der Waals surface area contributed by atoms with Gasteiger partial charge in [-0.05, 0) is 32.9 Å². The molecule has 1 saturated heterocycles. The molecule has 0 radical (unpaired) electrons. The van der Waals surface area contributed by atoms with Gasteiger partial charge in [0.15, 0.2) is 5.96 Å². The molecule has 0 aromatic rings. The monoisotopic (exact) mass is 270 g/mol. The van der Waals surface area contributed by atoms with Crippen molar-refractivity contribution in [1.29, 1.82) is 5.41 Å². The van der Waals surface area contributed by atoms with Crippen molar-refractivity contribution in [3.63, 3.8) is 0 Å². The normalized spacial score (nSPS) is 20.9. The molecule has 1 heterocycles. The summed E-state index contributed by atoms with van der Waals surface area (Å²) in [5.74, 6) is 0.0666. The number of nitrogens with one attached hydrogen (secondary N) is 1.